The number of aromatic carboxylic acids is 1. The van der Waals surface area contributed by atoms with Gasteiger partial charge in [-0.1, -0.05) is 79.6 Å². The number of anilines is 1. The summed E-state index contributed by atoms with van der Waals surface area (Å²) in [6.45, 7) is 21.5. The number of allylic oxidation sites excluding steroid dienone is 8. The zero-order valence-electron chi connectivity index (χ0n) is 42.8. The van der Waals surface area contributed by atoms with Crippen molar-refractivity contribution in [2.45, 2.75) is 156 Å². The summed E-state index contributed by atoms with van der Waals surface area (Å²) < 4.78 is 5.80. The number of fused-ring (bicyclic) bond motifs is 3. The zero-order valence-corrected chi connectivity index (χ0v) is 45.0. The lowest BCUT2D eigenvalue weighted by molar-refractivity contribution is -0.438. The van der Waals surface area contributed by atoms with Gasteiger partial charge in [-0.05, 0) is 129 Å². The van der Waals surface area contributed by atoms with Gasteiger partial charge in [0.1, 0.15) is 24.6 Å². The summed E-state index contributed by atoms with van der Waals surface area (Å²) in [7, 11) is 0. The van der Waals surface area contributed by atoms with E-state index in [0.29, 0.717) is 23.3 Å². The second kappa shape index (κ2) is 20.0. The molecule has 0 fully saturated rings. The maximum absolute atomic E-state index is 14.3. The SMILES string of the molecule is CCCCCCC[N+]1=C(/C=C2\C(=O)C(c3ccc4c(c3)C(C)(C)C(/C=C3/C(=O)C(/C=C5/N(CCCC)c6ccc(C(=O)O)cc6C5(C)C)=C3O)=[N+]4CCCCCCC)=C2O)C(C)(C)c2cc(I)ccc21. The number of ketones is 2. The summed E-state index contributed by atoms with van der Waals surface area (Å²) in [6, 6.07) is 17.8. The number of hydrogen-bond acceptors (Lipinski definition) is 6. The molecule has 0 spiro atoms. The van der Waals surface area contributed by atoms with Crippen molar-refractivity contribution in [3.8, 4) is 0 Å². The number of carbonyl (C=O) groups is 3. The van der Waals surface area contributed by atoms with E-state index in [1.807, 2.05) is 50.3 Å². The second-order valence-corrected chi connectivity index (χ2v) is 22.7. The maximum atomic E-state index is 14.3. The van der Waals surface area contributed by atoms with Gasteiger partial charge in [-0.15, -0.1) is 0 Å². The third kappa shape index (κ3) is 8.89. The largest absolute Gasteiger partial charge is 0.506 e. The fourth-order valence-electron chi connectivity index (χ4n) is 11.4. The number of hydrogen-bond donors (Lipinski definition) is 3. The molecule has 3 aliphatic heterocycles. The Bertz CT molecular complexity index is 2920. The van der Waals surface area contributed by atoms with Gasteiger partial charge < -0.3 is 20.2 Å². The summed E-state index contributed by atoms with van der Waals surface area (Å²) in [4.78, 5) is 42.8. The van der Waals surface area contributed by atoms with Crippen LogP contribution < -0.4 is 4.90 Å². The van der Waals surface area contributed by atoms with E-state index in [0.717, 1.165) is 113 Å². The molecule has 0 unspecified atom stereocenters. The van der Waals surface area contributed by atoms with E-state index < -0.39 is 16.8 Å². The lowest BCUT2D eigenvalue weighted by Gasteiger charge is -2.29. The lowest BCUT2D eigenvalue weighted by atomic mass is 9.75. The van der Waals surface area contributed by atoms with Crippen molar-refractivity contribution in [1.82, 2.24) is 0 Å². The number of carboxylic acids is 1. The smallest absolute Gasteiger partial charge is 0.335 e. The number of carbonyl (C=O) groups excluding carboxylic acids is 2. The number of benzene rings is 3. The van der Waals surface area contributed by atoms with Gasteiger partial charge in [-0.25, -0.2) is 4.79 Å². The Balaban J connectivity index is 1.14. The zero-order chi connectivity index (χ0) is 50.4. The lowest BCUT2D eigenvalue weighted by Crippen LogP contribution is -2.32. The van der Waals surface area contributed by atoms with E-state index in [4.69, 9.17) is 0 Å². The van der Waals surface area contributed by atoms with Crippen molar-refractivity contribution >= 4 is 74.2 Å². The molecule has 2 aliphatic carbocycles. The van der Waals surface area contributed by atoms with Crippen LogP contribution in [0.3, 0.4) is 0 Å². The predicted molar refractivity (Wildman–Crippen MR) is 291 cm³/mol. The molecule has 0 amide bonds. The van der Waals surface area contributed by atoms with Gasteiger partial charge in [-0.3, -0.25) is 9.59 Å². The monoisotopic (exact) mass is 1060 g/mol. The Hall–Kier alpha value is -5.36. The van der Waals surface area contributed by atoms with Crippen molar-refractivity contribution < 1.29 is 38.9 Å². The molecule has 3 aromatic rings. The van der Waals surface area contributed by atoms with E-state index in [2.05, 4.69) is 103 Å². The third-order valence-electron chi connectivity index (χ3n) is 15.7. The minimum Gasteiger partial charge on any atom is -0.506 e. The molecule has 8 rings (SSSR count). The molecule has 0 bridgehead atoms. The molecule has 0 aromatic heterocycles. The van der Waals surface area contributed by atoms with E-state index in [1.54, 1.807) is 18.2 Å². The molecule has 368 valence electrons. The molecular weight excluding hydrogens is 986 g/mol. The van der Waals surface area contributed by atoms with Crippen LogP contribution >= 0.6 is 22.6 Å². The van der Waals surface area contributed by atoms with Crippen LogP contribution in [0.1, 0.15) is 172 Å². The molecule has 0 atom stereocenters. The minimum absolute atomic E-state index is 0.0116. The normalized spacial score (nSPS) is 20.3. The summed E-state index contributed by atoms with van der Waals surface area (Å²) in [5.41, 5.74) is 9.30. The summed E-state index contributed by atoms with van der Waals surface area (Å²) in [5.74, 6) is -1.46. The fraction of sp³-hybridized carbons (Fsp3) is 0.450. The van der Waals surface area contributed by atoms with Crippen LogP contribution in [0.15, 0.2) is 107 Å². The van der Waals surface area contributed by atoms with E-state index in [9.17, 15) is 29.7 Å². The Labute approximate surface area is 428 Å². The van der Waals surface area contributed by atoms with Crippen molar-refractivity contribution in [1.29, 1.82) is 0 Å². The van der Waals surface area contributed by atoms with Crippen LogP contribution in [0.5, 0.6) is 0 Å². The first-order valence-corrected chi connectivity index (χ1v) is 26.9. The highest BCUT2D eigenvalue weighted by molar-refractivity contribution is 14.1. The summed E-state index contributed by atoms with van der Waals surface area (Å²) in [5, 5.41) is 33.5. The second-order valence-electron chi connectivity index (χ2n) is 21.5. The topological polar surface area (TPSA) is 121 Å². The van der Waals surface area contributed by atoms with Gasteiger partial charge in [0.05, 0.1) is 38.7 Å². The van der Waals surface area contributed by atoms with E-state index >= 15 is 0 Å². The van der Waals surface area contributed by atoms with Crippen LogP contribution in [-0.2, 0) is 25.8 Å². The average Bonchev–Trinajstić information content (AvgIpc) is 3.77. The Morgan fingerprint density at radius 3 is 1.70 bits per heavy atom. The quantitative estimate of drug-likeness (QED) is 0.0446. The van der Waals surface area contributed by atoms with E-state index in [-0.39, 0.29) is 45.2 Å². The van der Waals surface area contributed by atoms with Crippen LogP contribution in [0, 0.1) is 3.57 Å². The molecule has 10 heteroatoms. The van der Waals surface area contributed by atoms with Crippen LogP contribution in [0.4, 0.5) is 17.1 Å². The fourth-order valence-corrected chi connectivity index (χ4v) is 11.9. The minimum atomic E-state index is -0.992. The number of aliphatic hydroxyl groups is 2. The van der Waals surface area contributed by atoms with Gasteiger partial charge in [-0.2, -0.15) is 9.15 Å². The third-order valence-corrected chi connectivity index (χ3v) is 16.4. The van der Waals surface area contributed by atoms with Crippen molar-refractivity contribution in [2.24, 2.45) is 0 Å². The molecular formula is C60H72IN3O6+2. The number of Topliss-reactive ketones (excluding diaryl/α,β-unsaturated/α-hetero) is 2. The molecule has 0 radical (unpaired) electrons. The van der Waals surface area contributed by atoms with Gasteiger partial charge in [0.2, 0.25) is 22.9 Å². The van der Waals surface area contributed by atoms with Crippen molar-refractivity contribution in [3.63, 3.8) is 0 Å². The molecule has 5 aliphatic rings. The van der Waals surface area contributed by atoms with Gasteiger partial charge >= 0.3 is 5.97 Å². The molecule has 3 aromatic carbocycles. The number of aliphatic hydroxyl groups excluding tert-OH is 2. The van der Waals surface area contributed by atoms with Crippen LogP contribution in [-0.4, -0.2) is 73.1 Å². The number of carboxylic acid groups (broad SMARTS) is 1. The van der Waals surface area contributed by atoms with Crippen LogP contribution in [0.2, 0.25) is 0 Å². The Morgan fingerprint density at radius 1 is 0.614 bits per heavy atom. The average molecular weight is 1060 g/mol. The predicted octanol–water partition coefficient (Wildman–Crippen LogP) is 14.0. The van der Waals surface area contributed by atoms with Gasteiger partial charge in [0, 0.05) is 75.2 Å². The highest BCUT2D eigenvalue weighted by atomic mass is 127. The molecule has 0 saturated heterocycles. The molecule has 3 heterocycles. The van der Waals surface area contributed by atoms with Gasteiger partial charge in [0.25, 0.3) is 0 Å². The molecule has 0 saturated carbocycles. The first kappa shape index (κ1) is 51.0. The summed E-state index contributed by atoms with van der Waals surface area (Å²) in [6.07, 6.45) is 18.7. The first-order valence-electron chi connectivity index (χ1n) is 25.8. The molecule has 9 nitrogen and oxygen atoms in total. The number of halogens is 1. The van der Waals surface area contributed by atoms with Gasteiger partial charge in [0.15, 0.2) is 11.4 Å². The Morgan fingerprint density at radius 2 is 1.16 bits per heavy atom. The summed E-state index contributed by atoms with van der Waals surface area (Å²) >= 11 is 2.37. The van der Waals surface area contributed by atoms with Crippen LogP contribution in [0.25, 0.3) is 5.57 Å². The van der Waals surface area contributed by atoms with Crippen molar-refractivity contribution in [3.05, 3.63) is 138 Å². The highest BCUT2D eigenvalue weighted by Crippen LogP contribution is 2.51. The number of nitrogens with zero attached hydrogens (tertiary/aromatic N) is 3. The maximum Gasteiger partial charge on any atom is 0.335 e. The standard InChI is InChI=1S/C60H70IN3O6/c1-10-13-16-18-20-29-63-46-25-22-37(52-55(67)42(56(52)68)36-51-60(8,9)45-33-39(61)24-27-48(45)64(51)30-21-19-17-14-11-2)31-43(46)58(4,5)50(63)35-41-53(65)40(54(41)66)34-49-59(6,7)44-32-38(57(69)70)23-26-47(44)62(49)28-15-12-3/h22-27,31-36H,10-21,28-30H2,1-9H3,(H-2,65,66,67,68,69,70)/p+2. The number of unbranched alkanes of at least 4 members (excludes halogenated alkanes) is 9. The molecule has 70 heavy (non-hydrogen) atoms. The van der Waals surface area contributed by atoms with E-state index in [1.165, 1.54) is 31.2 Å². The Kier molecular flexibility index (Phi) is 14.6. The van der Waals surface area contributed by atoms with Crippen molar-refractivity contribution in [2.75, 3.05) is 24.5 Å². The first-order chi connectivity index (χ1) is 33.3. The highest BCUT2D eigenvalue weighted by Gasteiger charge is 2.50. The molecule has 3 N–H and O–H groups in total. The number of rotatable bonds is 20.